The number of amides is 6. The number of nitrogens with one attached hydrogen (secondary N) is 7. The summed E-state index contributed by atoms with van der Waals surface area (Å²) in [6, 6.07) is -10.6. The Hall–Kier alpha value is -4.39. The Bertz CT molecular complexity index is 1340. The quantitative estimate of drug-likeness (QED) is 0.0389. The lowest BCUT2D eigenvalue weighted by molar-refractivity contribution is -0.142. The number of carboxylic acids is 1. The zero-order valence-electron chi connectivity index (χ0n) is 29.4. The number of thioether (sulfide) groups is 1. The number of carbonyl (C=O) groups is 7. The molecular weight excluding hydrogens is 724 g/mol. The molecule has 1 aromatic heterocycles. The van der Waals surface area contributed by atoms with Gasteiger partial charge in [-0.3, -0.25) is 28.8 Å². The summed E-state index contributed by atoms with van der Waals surface area (Å²) in [5, 5.41) is 62.6. The van der Waals surface area contributed by atoms with E-state index >= 15 is 0 Å². The lowest BCUT2D eigenvalue weighted by Crippen LogP contribution is -2.62. The van der Waals surface area contributed by atoms with Crippen LogP contribution in [0.2, 0.25) is 0 Å². The number of rotatable bonds is 26. The first kappa shape index (κ1) is 46.6. The molecule has 0 radical (unpaired) electrons. The molecule has 0 saturated heterocycles. The molecule has 6 amide bonds. The number of imidazole rings is 1. The van der Waals surface area contributed by atoms with Gasteiger partial charge in [-0.05, 0) is 44.7 Å². The van der Waals surface area contributed by atoms with Gasteiger partial charge >= 0.3 is 5.97 Å². The summed E-state index contributed by atoms with van der Waals surface area (Å²) >= 11 is 1.34. The molecule has 0 bridgehead atoms. The normalized spacial score (nSPS) is 15.6. The highest BCUT2D eigenvalue weighted by atomic mass is 32.2. The number of carbonyl (C=O) groups excluding carboxylic acids is 6. The topological polar surface area (TPSA) is 374 Å². The summed E-state index contributed by atoms with van der Waals surface area (Å²) in [4.78, 5) is 96.0. The van der Waals surface area contributed by atoms with E-state index in [2.05, 4.69) is 41.9 Å². The summed E-state index contributed by atoms with van der Waals surface area (Å²) < 4.78 is 0. The number of aromatic nitrogens is 2. The molecule has 16 N–H and O–H groups in total. The van der Waals surface area contributed by atoms with Crippen molar-refractivity contribution in [1.82, 2.24) is 41.9 Å². The fourth-order valence-electron chi connectivity index (χ4n) is 4.56. The van der Waals surface area contributed by atoms with Crippen molar-refractivity contribution in [2.24, 2.45) is 11.5 Å². The van der Waals surface area contributed by atoms with Crippen molar-refractivity contribution < 1.29 is 59.1 Å². The van der Waals surface area contributed by atoms with Crippen LogP contribution in [0.4, 0.5) is 0 Å². The number of hydrogen-bond acceptors (Lipinski definition) is 15. The highest BCUT2D eigenvalue weighted by molar-refractivity contribution is 7.98. The number of nitrogens with zero attached hydrogens (tertiary/aromatic N) is 1. The van der Waals surface area contributed by atoms with Gasteiger partial charge in [0.15, 0.2) is 0 Å². The van der Waals surface area contributed by atoms with E-state index in [9.17, 15) is 59.1 Å². The van der Waals surface area contributed by atoms with E-state index in [1.54, 1.807) is 6.26 Å². The standard InChI is InChI=1S/C30H52N10O12S/c1-15(44)23(40-28(49)22(13-43)37-24(45)17(32)5-3-4-7-31)29(50)39-21(12-42)27(48)36-19(9-16-10-33-14-34-16)25(46)38-20(11-41)26(47)35-18(30(51)52)6-8-53-2/h10,14-15,17-23,41-44H,3-9,11-13,31-32H2,1-2H3,(H,33,34)(H,35,47)(H,36,48)(H,37,45)(H,38,46)(H,39,50)(H,40,49)(H,51,52)/t15-,17+,18+,19+,20+,21+,22+,23+/m1/s1. The second kappa shape index (κ2) is 24.8. The van der Waals surface area contributed by atoms with Gasteiger partial charge < -0.3 is 73.9 Å². The van der Waals surface area contributed by atoms with Gasteiger partial charge in [-0.15, -0.1) is 0 Å². The zero-order chi connectivity index (χ0) is 40.1. The van der Waals surface area contributed by atoms with E-state index < -0.39 is 110 Å². The van der Waals surface area contributed by atoms with Crippen LogP contribution in [0.3, 0.4) is 0 Å². The average Bonchev–Trinajstić information content (AvgIpc) is 3.64. The molecule has 53 heavy (non-hydrogen) atoms. The average molecular weight is 777 g/mol. The molecule has 23 heteroatoms. The maximum atomic E-state index is 13.3. The molecule has 300 valence electrons. The third-order valence-electron chi connectivity index (χ3n) is 7.65. The molecule has 0 aliphatic rings. The Morgan fingerprint density at radius 2 is 1.25 bits per heavy atom. The SMILES string of the molecule is CSCC[C@H](NC(=O)[C@H](CO)NC(=O)[C@H](Cc1cnc[nH]1)NC(=O)[C@H](CO)NC(=O)[C@@H](NC(=O)[C@H](CO)NC(=O)[C@@H](N)CCCCN)[C@@H](C)O)C(=O)O. The van der Waals surface area contributed by atoms with Crippen molar-refractivity contribution in [3.63, 3.8) is 0 Å². The van der Waals surface area contributed by atoms with Crippen molar-refractivity contribution in [1.29, 1.82) is 0 Å². The predicted molar refractivity (Wildman–Crippen MR) is 188 cm³/mol. The smallest absolute Gasteiger partial charge is 0.326 e. The largest absolute Gasteiger partial charge is 0.480 e. The molecule has 0 aromatic carbocycles. The fraction of sp³-hybridized carbons (Fsp3) is 0.667. The number of aliphatic hydroxyl groups excluding tert-OH is 4. The van der Waals surface area contributed by atoms with E-state index in [-0.39, 0.29) is 19.3 Å². The number of nitrogens with two attached hydrogens (primary N) is 2. The maximum absolute atomic E-state index is 13.3. The minimum atomic E-state index is -1.78. The second-order valence-electron chi connectivity index (χ2n) is 11.9. The number of unbranched alkanes of at least 4 members (excludes halogenated alkanes) is 1. The van der Waals surface area contributed by atoms with Crippen LogP contribution in [0.25, 0.3) is 0 Å². The molecule has 0 aliphatic carbocycles. The van der Waals surface area contributed by atoms with E-state index in [0.29, 0.717) is 30.8 Å². The molecule has 1 heterocycles. The Labute approximate surface area is 309 Å². The molecule has 0 saturated carbocycles. The lowest BCUT2D eigenvalue weighted by atomic mass is 10.1. The first-order valence-electron chi connectivity index (χ1n) is 16.6. The van der Waals surface area contributed by atoms with E-state index in [0.717, 1.165) is 6.92 Å². The van der Waals surface area contributed by atoms with Crippen molar-refractivity contribution in [2.45, 2.75) is 87.4 Å². The predicted octanol–water partition coefficient (Wildman–Crippen LogP) is -6.49. The maximum Gasteiger partial charge on any atom is 0.326 e. The Kier molecular flexibility index (Phi) is 21.8. The summed E-state index contributed by atoms with van der Waals surface area (Å²) in [6.45, 7) is -1.37. The number of aliphatic hydroxyl groups is 4. The molecule has 1 aromatic rings. The first-order valence-corrected chi connectivity index (χ1v) is 18.0. The number of hydrogen-bond donors (Lipinski definition) is 14. The van der Waals surface area contributed by atoms with Crippen LogP contribution >= 0.6 is 11.8 Å². The zero-order valence-corrected chi connectivity index (χ0v) is 30.3. The Morgan fingerprint density at radius 1 is 0.755 bits per heavy atom. The number of carboxylic acid groups (broad SMARTS) is 1. The third-order valence-corrected chi connectivity index (χ3v) is 8.30. The van der Waals surface area contributed by atoms with Crippen molar-refractivity contribution in [3.8, 4) is 0 Å². The van der Waals surface area contributed by atoms with Gasteiger partial charge in [0.25, 0.3) is 0 Å². The summed E-state index contributed by atoms with van der Waals surface area (Å²) in [5.41, 5.74) is 11.6. The van der Waals surface area contributed by atoms with Crippen LogP contribution in [0.1, 0.15) is 38.3 Å². The van der Waals surface area contributed by atoms with Crippen molar-refractivity contribution in [3.05, 3.63) is 18.2 Å². The van der Waals surface area contributed by atoms with Crippen LogP contribution in [0.15, 0.2) is 12.5 Å². The Morgan fingerprint density at radius 3 is 1.72 bits per heavy atom. The molecule has 0 aliphatic heterocycles. The van der Waals surface area contributed by atoms with Crippen LogP contribution in [-0.2, 0) is 40.0 Å². The van der Waals surface area contributed by atoms with Gasteiger partial charge in [0.1, 0.15) is 36.3 Å². The number of aliphatic carboxylic acids is 1. The lowest BCUT2D eigenvalue weighted by Gasteiger charge is -2.27. The minimum Gasteiger partial charge on any atom is -0.480 e. The summed E-state index contributed by atoms with van der Waals surface area (Å²) in [7, 11) is 0. The molecule has 0 fully saturated rings. The third kappa shape index (κ3) is 16.4. The van der Waals surface area contributed by atoms with Crippen LogP contribution in [0.5, 0.6) is 0 Å². The second-order valence-corrected chi connectivity index (χ2v) is 12.9. The van der Waals surface area contributed by atoms with E-state index in [1.165, 1.54) is 24.3 Å². The Balaban J connectivity index is 3.07. The van der Waals surface area contributed by atoms with Crippen LogP contribution in [0, 0.1) is 0 Å². The van der Waals surface area contributed by atoms with E-state index in [1.807, 2.05) is 0 Å². The highest BCUT2D eigenvalue weighted by Gasteiger charge is 2.35. The molecule has 0 spiro atoms. The number of H-pyrrole nitrogens is 1. The van der Waals surface area contributed by atoms with Gasteiger partial charge in [0.05, 0.1) is 38.3 Å². The minimum absolute atomic E-state index is 0.0595. The van der Waals surface area contributed by atoms with Crippen molar-refractivity contribution >= 4 is 53.2 Å². The summed E-state index contributed by atoms with van der Waals surface area (Å²) in [5.74, 6) is -7.12. The molecule has 0 unspecified atom stereocenters. The first-order chi connectivity index (χ1) is 25.1. The van der Waals surface area contributed by atoms with Gasteiger partial charge in [0.2, 0.25) is 35.4 Å². The van der Waals surface area contributed by atoms with Gasteiger partial charge in [-0.25, -0.2) is 9.78 Å². The van der Waals surface area contributed by atoms with Gasteiger partial charge in [0, 0.05) is 18.3 Å². The van der Waals surface area contributed by atoms with Crippen LogP contribution in [-0.4, -0.2) is 164 Å². The molecule has 1 rings (SSSR count). The highest BCUT2D eigenvalue weighted by Crippen LogP contribution is 2.05. The monoisotopic (exact) mass is 776 g/mol. The molecule has 8 atom stereocenters. The van der Waals surface area contributed by atoms with Crippen LogP contribution < -0.4 is 43.4 Å². The van der Waals surface area contributed by atoms with Crippen molar-refractivity contribution in [2.75, 3.05) is 38.4 Å². The number of aromatic amines is 1. The molecular formula is C30H52N10O12S. The fourth-order valence-corrected chi connectivity index (χ4v) is 5.03. The van der Waals surface area contributed by atoms with Gasteiger partial charge in [-0.1, -0.05) is 6.42 Å². The van der Waals surface area contributed by atoms with E-state index in [4.69, 9.17) is 11.5 Å². The molecule has 22 nitrogen and oxygen atoms in total. The van der Waals surface area contributed by atoms with Gasteiger partial charge in [-0.2, -0.15) is 11.8 Å². The summed E-state index contributed by atoms with van der Waals surface area (Å²) in [6.07, 6.45) is 3.93.